The number of hydrogen-bond acceptors (Lipinski definition) is 4. The van der Waals surface area contributed by atoms with Crippen molar-refractivity contribution in [2.75, 3.05) is 0 Å². The molecule has 4 rings (SSSR count). The van der Waals surface area contributed by atoms with Gasteiger partial charge in [0, 0.05) is 16.9 Å². The maximum Gasteiger partial charge on any atom is 0.416 e. The first-order chi connectivity index (χ1) is 14.7. The van der Waals surface area contributed by atoms with Crippen molar-refractivity contribution in [1.29, 1.82) is 0 Å². The van der Waals surface area contributed by atoms with Crippen LogP contribution in [0.25, 0.3) is 21.6 Å². The Morgan fingerprint density at radius 2 is 1.90 bits per heavy atom. The molecule has 2 aromatic heterocycles. The number of alkyl halides is 3. The van der Waals surface area contributed by atoms with E-state index in [1.807, 2.05) is 29.7 Å². The van der Waals surface area contributed by atoms with Gasteiger partial charge in [-0.2, -0.15) is 13.2 Å². The fourth-order valence-corrected chi connectivity index (χ4v) is 4.36. The molecule has 0 bridgehead atoms. The summed E-state index contributed by atoms with van der Waals surface area (Å²) in [5.41, 5.74) is 3.38. The molecule has 9 heteroatoms. The molecular formula is C22H18F3N3O2S. The molecule has 0 aliphatic carbocycles. The van der Waals surface area contributed by atoms with Crippen LogP contribution in [-0.4, -0.2) is 25.6 Å². The second kappa shape index (κ2) is 8.14. The predicted molar refractivity (Wildman–Crippen MR) is 112 cm³/mol. The first-order valence-corrected chi connectivity index (χ1v) is 10.3. The minimum absolute atomic E-state index is 0.0596. The third-order valence-corrected chi connectivity index (χ3v) is 6.17. The minimum Gasteiger partial charge on any atom is -0.481 e. The van der Waals surface area contributed by atoms with Crippen molar-refractivity contribution in [3.05, 3.63) is 70.5 Å². The molecule has 4 aromatic rings. The van der Waals surface area contributed by atoms with E-state index in [0.717, 1.165) is 39.3 Å². The molecule has 5 nitrogen and oxygen atoms in total. The molecule has 1 N–H and O–H groups in total. The molecule has 0 spiro atoms. The van der Waals surface area contributed by atoms with Crippen LogP contribution in [0.4, 0.5) is 13.2 Å². The summed E-state index contributed by atoms with van der Waals surface area (Å²) in [5, 5.41) is 9.56. The number of aryl methyl sites for hydroxylation is 2. The number of aromatic nitrogens is 3. The zero-order valence-electron chi connectivity index (χ0n) is 16.5. The standard InChI is InChI=1S/C22H18F3N3O2S/c1-13-19(31-21(27-13)15-4-6-16(7-5-15)22(23,24)25)11-28-12-26-17-8-2-14(10-18(17)28)3-9-20(29)30/h2,4-8,10,12H,3,9,11H2,1H3,(H,29,30). The van der Waals surface area contributed by atoms with E-state index in [-0.39, 0.29) is 6.42 Å². The smallest absolute Gasteiger partial charge is 0.416 e. The van der Waals surface area contributed by atoms with Gasteiger partial charge in [0.15, 0.2) is 0 Å². The van der Waals surface area contributed by atoms with Crippen LogP contribution in [0.15, 0.2) is 48.8 Å². The van der Waals surface area contributed by atoms with E-state index in [1.165, 1.54) is 23.5 Å². The fourth-order valence-electron chi connectivity index (χ4n) is 3.29. The predicted octanol–water partition coefficient (Wildman–Crippen LogP) is 5.55. The van der Waals surface area contributed by atoms with E-state index in [1.54, 1.807) is 6.33 Å². The molecule has 160 valence electrons. The summed E-state index contributed by atoms with van der Waals surface area (Å²) in [7, 11) is 0. The lowest BCUT2D eigenvalue weighted by molar-refractivity contribution is -0.138. The van der Waals surface area contributed by atoms with Crippen LogP contribution in [0, 0.1) is 6.92 Å². The number of fused-ring (bicyclic) bond motifs is 1. The number of carboxylic acids is 1. The van der Waals surface area contributed by atoms with Gasteiger partial charge in [-0.15, -0.1) is 11.3 Å². The van der Waals surface area contributed by atoms with E-state index in [2.05, 4.69) is 9.97 Å². The number of carbonyl (C=O) groups is 1. The van der Waals surface area contributed by atoms with Crippen molar-refractivity contribution < 1.29 is 23.1 Å². The maximum absolute atomic E-state index is 12.8. The summed E-state index contributed by atoms with van der Waals surface area (Å²) in [5.74, 6) is -0.843. The molecule has 0 amide bonds. The van der Waals surface area contributed by atoms with E-state index in [9.17, 15) is 18.0 Å². The fraction of sp³-hybridized carbons (Fsp3) is 0.227. The lowest BCUT2D eigenvalue weighted by Crippen LogP contribution is -2.03. The van der Waals surface area contributed by atoms with Gasteiger partial charge < -0.3 is 9.67 Å². The molecule has 0 saturated carbocycles. The van der Waals surface area contributed by atoms with Gasteiger partial charge in [-0.1, -0.05) is 18.2 Å². The Balaban J connectivity index is 1.59. The van der Waals surface area contributed by atoms with Crippen molar-refractivity contribution in [2.24, 2.45) is 0 Å². The van der Waals surface area contributed by atoms with Crippen molar-refractivity contribution >= 4 is 28.3 Å². The summed E-state index contributed by atoms with van der Waals surface area (Å²) >= 11 is 1.43. The average Bonchev–Trinajstić information content (AvgIpc) is 3.29. The van der Waals surface area contributed by atoms with E-state index < -0.39 is 17.7 Å². The second-order valence-electron chi connectivity index (χ2n) is 7.19. The number of imidazole rings is 1. The molecule has 0 aliphatic heterocycles. The number of aliphatic carboxylic acids is 1. The van der Waals surface area contributed by atoms with Crippen LogP contribution in [0.3, 0.4) is 0 Å². The molecule has 0 atom stereocenters. The number of carboxylic acid groups (broad SMARTS) is 1. The Bertz CT molecular complexity index is 1240. The summed E-state index contributed by atoms with van der Waals surface area (Å²) in [4.78, 5) is 20.8. The van der Waals surface area contributed by atoms with Crippen LogP contribution in [0.5, 0.6) is 0 Å². The number of hydrogen-bond donors (Lipinski definition) is 1. The Morgan fingerprint density at radius 1 is 1.16 bits per heavy atom. The Morgan fingerprint density at radius 3 is 2.58 bits per heavy atom. The minimum atomic E-state index is -4.37. The largest absolute Gasteiger partial charge is 0.481 e. The molecular weight excluding hydrogens is 427 g/mol. The van der Waals surface area contributed by atoms with E-state index in [4.69, 9.17) is 5.11 Å². The highest BCUT2D eigenvalue weighted by Gasteiger charge is 2.30. The normalized spacial score (nSPS) is 11.9. The molecule has 0 unspecified atom stereocenters. The third kappa shape index (κ3) is 4.61. The number of nitrogens with zero attached hydrogens (tertiary/aromatic N) is 3. The first-order valence-electron chi connectivity index (χ1n) is 9.50. The summed E-state index contributed by atoms with van der Waals surface area (Å²) < 4.78 is 40.4. The van der Waals surface area contributed by atoms with Crippen LogP contribution in [0.2, 0.25) is 0 Å². The molecule has 2 heterocycles. The highest BCUT2D eigenvalue weighted by atomic mass is 32.1. The number of halogens is 3. The van der Waals surface area contributed by atoms with Gasteiger partial charge >= 0.3 is 12.1 Å². The summed E-state index contributed by atoms with van der Waals surface area (Å²) in [6.07, 6.45) is -2.14. The van der Waals surface area contributed by atoms with Gasteiger partial charge in [0.05, 0.1) is 35.2 Å². The van der Waals surface area contributed by atoms with Gasteiger partial charge in [-0.3, -0.25) is 4.79 Å². The molecule has 0 aliphatic rings. The lowest BCUT2D eigenvalue weighted by Gasteiger charge is -2.06. The highest BCUT2D eigenvalue weighted by Crippen LogP contribution is 2.33. The van der Waals surface area contributed by atoms with Crippen LogP contribution < -0.4 is 0 Å². The van der Waals surface area contributed by atoms with Crippen molar-refractivity contribution in [1.82, 2.24) is 14.5 Å². The van der Waals surface area contributed by atoms with E-state index >= 15 is 0 Å². The second-order valence-corrected chi connectivity index (χ2v) is 8.28. The lowest BCUT2D eigenvalue weighted by atomic mass is 10.1. The molecule has 0 radical (unpaired) electrons. The molecule has 31 heavy (non-hydrogen) atoms. The maximum atomic E-state index is 12.8. The first kappa shape index (κ1) is 21.0. The quantitative estimate of drug-likeness (QED) is 0.422. The molecule has 0 fully saturated rings. The van der Waals surface area contributed by atoms with Crippen LogP contribution in [-0.2, 0) is 23.9 Å². The topological polar surface area (TPSA) is 68.0 Å². The number of thiazole rings is 1. The summed E-state index contributed by atoms with van der Waals surface area (Å²) in [6, 6.07) is 10.7. The zero-order valence-corrected chi connectivity index (χ0v) is 17.3. The summed E-state index contributed by atoms with van der Waals surface area (Å²) in [6.45, 7) is 2.39. The number of benzene rings is 2. The van der Waals surface area contributed by atoms with Gasteiger partial charge in [0.1, 0.15) is 5.01 Å². The number of rotatable bonds is 6. The molecule has 0 saturated heterocycles. The Labute approximate surface area is 179 Å². The van der Waals surface area contributed by atoms with Gasteiger partial charge in [0.25, 0.3) is 0 Å². The van der Waals surface area contributed by atoms with Crippen molar-refractivity contribution in [3.63, 3.8) is 0 Å². The van der Waals surface area contributed by atoms with E-state index in [0.29, 0.717) is 23.5 Å². The van der Waals surface area contributed by atoms with Gasteiger partial charge in [-0.05, 0) is 43.2 Å². The zero-order chi connectivity index (χ0) is 22.2. The third-order valence-electron chi connectivity index (χ3n) is 4.98. The SMILES string of the molecule is Cc1nc(-c2ccc(C(F)(F)F)cc2)sc1Cn1cnc2ccc(CCC(=O)O)cc21. The monoisotopic (exact) mass is 445 g/mol. The Hall–Kier alpha value is -3.20. The van der Waals surface area contributed by atoms with Crippen LogP contribution in [0.1, 0.15) is 28.1 Å². The van der Waals surface area contributed by atoms with Crippen LogP contribution >= 0.6 is 11.3 Å². The average molecular weight is 445 g/mol. The van der Waals surface area contributed by atoms with Gasteiger partial charge in [-0.25, -0.2) is 9.97 Å². The molecule has 2 aromatic carbocycles. The van der Waals surface area contributed by atoms with Crippen molar-refractivity contribution in [3.8, 4) is 10.6 Å². The van der Waals surface area contributed by atoms with Gasteiger partial charge in [0.2, 0.25) is 0 Å². The Kier molecular flexibility index (Phi) is 5.53. The highest BCUT2D eigenvalue weighted by molar-refractivity contribution is 7.15. The van der Waals surface area contributed by atoms with Crippen molar-refractivity contribution in [2.45, 2.75) is 32.5 Å².